The normalized spacial score (nSPS) is 15.3. The fourth-order valence-corrected chi connectivity index (χ4v) is 5.72. The number of alkyl halides is 1. The van der Waals surface area contributed by atoms with E-state index in [0.717, 1.165) is 11.8 Å². The maximum atomic E-state index is 6.28. The van der Waals surface area contributed by atoms with Crippen LogP contribution in [-0.4, -0.2) is 15.9 Å². The van der Waals surface area contributed by atoms with Crippen molar-refractivity contribution in [2.24, 2.45) is 5.92 Å². The summed E-state index contributed by atoms with van der Waals surface area (Å²) in [5.74, 6) is 1.61. The summed E-state index contributed by atoms with van der Waals surface area (Å²) in [6.45, 7) is 11.4. The van der Waals surface area contributed by atoms with E-state index in [9.17, 15) is 0 Å². The Hall–Kier alpha value is 0.990. The molecule has 0 aliphatic rings. The van der Waals surface area contributed by atoms with Crippen LogP contribution in [0.15, 0.2) is 0 Å². The summed E-state index contributed by atoms with van der Waals surface area (Å²) < 4.78 is 0.326. The molecule has 0 aromatic rings. The summed E-state index contributed by atoms with van der Waals surface area (Å²) in [4.78, 5) is 0. The van der Waals surface area contributed by atoms with Crippen molar-refractivity contribution in [3.8, 4) is 0 Å². The van der Waals surface area contributed by atoms with Gasteiger partial charge in [-0.05, 0) is 18.8 Å². The Morgan fingerprint density at radius 3 is 2.00 bits per heavy atom. The zero-order valence-corrected chi connectivity index (χ0v) is 16.6. The quantitative estimate of drug-likeness (QED) is 0.204. The molecular formula is C17H35ClS2. The second-order valence-electron chi connectivity index (χ2n) is 6.74. The summed E-state index contributed by atoms with van der Waals surface area (Å²) in [6.07, 6.45) is 10.9. The molecule has 20 heavy (non-hydrogen) atoms. The predicted molar refractivity (Wildman–Crippen MR) is 101 cm³/mol. The van der Waals surface area contributed by atoms with Gasteiger partial charge in [0.1, 0.15) is 0 Å². The van der Waals surface area contributed by atoms with Crippen molar-refractivity contribution in [1.82, 2.24) is 0 Å². The predicted octanol–water partition coefficient (Wildman–Crippen LogP) is 7.55. The van der Waals surface area contributed by atoms with Gasteiger partial charge in [0, 0.05) is 15.9 Å². The Kier molecular flexibility index (Phi) is 13.1. The number of hydrogen-bond acceptors (Lipinski definition) is 2. The standard InChI is InChI=1S/C17H35ClS2/c1-6-8-10-11-13-15(12-9-7-2)16(14-18)19-20-17(3,4)5/h15-16H,6-14H2,1-5H3. The lowest BCUT2D eigenvalue weighted by Crippen LogP contribution is -2.20. The van der Waals surface area contributed by atoms with Gasteiger partial charge in [0.2, 0.25) is 0 Å². The van der Waals surface area contributed by atoms with E-state index < -0.39 is 0 Å². The van der Waals surface area contributed by atoms with Gasteiger partial charge < -0.3 is 0 Å². The summed E-state index contributed by atoms with van der Waals surface area (Å²) in [6, 6.07) is 0. The SMILES string of the molecule is CCCCCCC(CCCC)C(CCl)SSC(C)(C)C. The highest BCUT2D eigenvalue weighted by molar-refractivity contribution is 8.77. The van der Waals surface area contributed by atoms with Crippen LogP contribution in [0.5, 0.6) is 0 Å². The van der Waals surface area contributed by atoms with E-state index in [1.165, 1.54) is 51.4 Å². The summed E-state index contributed by atoms with van der Waals surface area (Å²) in [5, 5.41) is 0.620. The first-order valence-electron chi connectivity index (χ1n) is 8.35. The van der Waals surface area contributed by atoms with Crippen LogP contribution in [-0.2, 0) is 0 Å². The third-order valence-electron chi connectivity index (χ3n) is 3.46. The minimum atomic E-state index is 0.326. The van der Waals surface area contributed by atoms with Crippen LogP contribution in [0.3, 0.4) is 0 Å². The molecule has 0 aromatic heterocycles. The Morgan fingerprint density at radius 2 is 1.50 bits per heavy atom. The highest BCUT2D eigenvalue weighted by atomic mass is 35.5. The van der Waals surface area contributed by atoms with Crippen molar-refractivity contribution >= 4 is 33.2 Å². The van der Waals surface area contributed by atoms with Gasteiger partial charge >= 0.3 is 0 Å². The molecule has 0 aliphatic carbocycles. The molecular weight excluding hydrogens is 304 g/mol. The molecule has 0 radical (unpaired) electrons. The van der Waals surface area contributed by atoms with E-state index >= 15 is 0 Å². The number of hydrogen-bond donors (Lipinski definition) is 0. The van der Waals surface area contributed by atoms with E-state index in [4.69, 9.17) is 11.6 Å². The average Bonchev–Trinajstić information content (AvgIpc) is 2.39. The summed E-state index contributed by atoms with van der Waals surface area (Å²) in [5.41, 5.74) is 0. The molecule has 0 bridgehead atoms. The molecule has 0 nitrogen and oxygen atoms in total. The molecule has 0 rings (SSSR count). The van der Waals surface area contributed by atoms with Crippen LogP contribution in [0.2, 0.25) is 0 Å². The van der Waals surface area contributed by atoms with Crippen LogP contribution < -0.4 is 0 Å². The van der Waals surface area contributed by atoms with Crippen LogP contribution in [0.25, 0.3) is 0 Å². The third-order valence-corrected chi connectivity index (χ3v) is 7.90. The third kappa shape index (κ3) is 11.6. The Labute approximate surface area is 141 Å². The van der Waals surface area contributed by atoms with Crippen molar-refractivity contribution in [2.75, 3.05) is 5.88 Å². The van der Waals surface area contributed by atoms with Crippen LogP contribution in [0.4, 0.5) is 0 Å². The lowest BCUT2D eigenvalue weighted by molar-refractivity contribution is 0.412. The molecule has 122 valence electrons. The zero-order chi connectivity index (χ0) is 15.4. The van der Waals surface area contributed by atoms with Gasteiger partial charge in [0.25, 0.3) is 0 Å². The molecule has 0 fully saturated rings. The topological polar surface area (TPSA) is 0 Å². The lowest BCUT2D eigenvalue weighted by atomic mass is 9.92. The largest absolute Gasteiger partial charge is 0.125 e. The van der Waals surface area contributed by atoms with E-state index in [1.54, 1.807) is 0 Å². The van der Waals surface area contributed by atoms with E-state index in [0.29, 0.717) is 10.00 Å². The number of halogens is 1. The van der Waals surface area contributed by atoms with Crippen LogP contribution in [0.1, 0.15) is 86.0 Å². The van der Waals surface area contributed by atoms with Crippen LogP contribution in [0, 0.1) is 5.92 Å². The molecule has 0 amide bonds. The van der Waals surface area contributed by atoms with Gasteiger partial charge in [-0.2, -0.15) is 0 Å². The summed E-state index contributed by atoms with van der Waals surface area (Å²) >= 11 is 6.28. The van der Waals surface area contributed by atoms with Crippen molar-refractivity contribution in [3.05, 3.63) is 0 Å². The summed E-state index contributed by atoms with van der Waals surface area (Å²) in [7, 11) is 4.04. The monoisotopic (exact) mass is 338 g/mol. The van der Waals surface area contributed by atoms with Gasteiger partial charge in [0.05, 0.1) is 0 Å². The average molecular weight is 339 g/mol. The molecule has 0 N–H and O–H groups in total. The molecule has 0 saturated heterocycles. The van der Waals surface area contributed by atoms with E-state index in [2.05, 4.69) is 34.6 Å². The minimum absolute atomic E-state index is 0.326. The Balaban J connectivity index is 4.29. The van der Waals surface area contributed by atoms with Crippen molar-refractivity contribution in [3.63, 3.8) is 0 Å². The Bertz CT molecular complexity index is 214. The zero-order valence-electron chi connectivity index (χ0n) is 14.2. The highest BCUT2D eigenvalue weighted by Crippen LogP contribution is 2.42. The van der Waals surface area contributed by atoms with E-state index in [-0.39, 0.29) is 0 Å². The first kappa shape index (κ1) is 21.0. The molecule has 0 saturated carbocycles. The van der Waals surface area contributed by atoms with Gasteiger partial charge in [-0.25, -0.2) is 0 Å². The van der Waals surface area contributed by atoms with Crippen molar-refractivity contribution in [2.45, 2.75) is 96.0 Å². The molecule has 0 aromatic carbocycles. The minimum Gasteiger partial charge on any atom is -0.125 e. The fraction of sp³-hybridized carbons (Fsp3) is 1.00. The van der Waals surface area contributed by atoms with Gasteiger partial charge in [0.15, 0.2) is 0 Å². The molecule has 2 unspecified atom stereocenters. The Morgan fingerprint density at radius 1 is 0.900 bits per heavy atom. The van der Waals surface area contributed by atoms with Gasteiger partial charge in [-0.1, -0.05) is 94.7 Å². The molecule has 0 heterocycles. The fourth-order valence-electron chi connectivity index (χ4n) is 2.25. The molecule has 3 heteroatoms. The number of unbranched alkanes of at least 4 members (excludes halogenated alkanes) is 4. The second-order valence-corrected chi connectivity index (χ2v) is 10.3. The van der Waals surface area contributed by atoms with Crippen molar-refractivity contribution in [1.29, 1.82) is 0 Å². The molecule has 0 spiro atoms. The van der Waals surface area contributed by atoms with Gasteiger partial charge in [-0.3, -0.25) is 0 Å². The maximum absolute atomic E-state index is 6.28. The molecule has 2 atom stereocenters. The first-order chi connectivity index (χ1) is 9.44. The van der Waals surface area contributed by atoms with Gasteiger partial charge in [-0.15, -0.1) is 11.6 Å². The number of rotatable bonds is 12. The first-order valence-corrected chi connectivity index (χ1v) is 11.1. The second kappa shape index (κ2) is 12.5. The lowest BCUT2D eigenvalue weighted by Gasteiger charge is -2.27. The van der Waals surface area contributed by atoms with Crippen LogP contribution >= 0.6 is 33.2 Å². The van der Waals surface area contributed by atoms with Crippen molar-refractivity contribution < 1.29 is 0 Å². The highest BCUT2D eigenvalue weighted by Gasteiger charge is 2.23. The van der Waals surface area contributed by atoms with E-state index in [1.807, 2.05) is 21.6 Å². The maximum Gasteiger partial charge on any atom is 0.0353 e. The smallest absolute Gasteiger partial charge is 0.0353 e. The molecule has 0 aliphatic heterocycles.